The van der Waals surface area contributed by atoms with Crippen molar-refractivity contribution in [3.8, 4) is 11.5 Å². The third-order valence-electron chi connectivity index (χ3n) is 6.34. The van der Waals surface area contributed by atoms with E-state index in [-0.39, 0.29) is 48.3 Å². The highest BCUT2D eigenvalue weighted by Gasteiger charge is 2.24. The molecule has 12 nitrogen and oxygen atoms in total. The SMILES string of the molecule is COc1cc(/C=N\NC(=O)[C@H](Cc2c[nH]c3ccccc23)NC(=O)OCC(C)C)cc([N+](=O)[O-])c1OCc1ccccc1. The number of carbonyl (C=O) groups is 2. The Morgan fingerprint density at radius 1 is 1.09 bits per heavy atom. The van der Waals surface area contributed by atoms with Crippen molar-refractivity contribution >= 4 is 34.8 Å². The molecule has 3 aromatic carbocycles. The number of hydrogen-bond donors (Lipinski definition) is 3. The van der Waals surface area contributed by atoms with Crippen molar-refractivity contribution < 1.29 is 28.7 Å². The van der Waals surface area contributed by atoms with Gasteiger partial charge in [0.25, 0.3) is 5.91 Å². The molecule has 224 valence electrons. The summed E-state index contributed by atoms with van der Waals surface area (Å²) in [5, 5.41) is 19.4. The van der Waals surface area contributed by atoms with Gasteiger partial charge in [0.05, 0.1) is 24.9 Å². The van der Waals surface area contributed by atoms with Gasteiger partial charge in [0.15, 0.2) is 5.75 Å². The number of nitro groups is 1. The number of fused-ring (bicyclic) bond motifs is 1. The number of nitrogens with zero attached hydrogens (tertiary/aromatic N) is 2. The third-order valence-corrected chi connectivity index (χ3v) is 6.34. The molecular weight excluding hydrogens is 554 g/mol. The first-order valence-corrected chi connectivity index (χ1v) is 13.6. The Hall–Kier alpha value is -5.39. The van der Waals surface area contributed by atoms with Crippen LogP contribution in [0.5, 0.6) is 11.5 Å². The highest BCUT2D eigenvalue weighted by atomic mass is 16.6. The number of ether oxygens (including phenoxy) is 3. The Labute approximate surface area is 248 Å². The second-order valence-electron chi connectivity index (χ2n) is 10.1. The van der Waals surface area contributed by atoms with Crippen molar-refractivity contribution in [3.05, 3.63) is 99.7 Å². The van der Waals surface area contributed by atoms with E-state index >= 15 is 0 Å². The predicted molar refractivity (Wildman–Crippen MR) is 161 cm³/mol. The summed E-state index contributed by atoms with van der Waals surface area (Å²) in [6, 6.07) is 18.6. The Kier molecular flexibility index (Phi) is 10.3. The molecule has 43 heavy (non-hydrogen) atoms. The summed E-state index contributed by atoms with van der Waals surface area (Å²) in [6.45, 7) is 4.10. The molecule has 0 bridgehead atoms. The summed E-state index contributed by atoms with van der Waals surface area (Å²) < 4.78 is 16.3. The van der Waals surface area contributed by atoms with Crippen LogP contribution >= 0.6 is 0 Å². The number of carbonyl (C=O) groups excluding carboxylic acids is 2. The fourth-order valence-corrected chi connectivity index (χ4v) is 4.25. The van der Waals surface area contributed by atoms with E-state index in [1.807, 2.05) is 68.4 Å². The molecule has 4 rings (SSSR count). The van der Waals surface area contributed by atoms with Crippen LogP contribution in [-0.4, -0.2) is 47.9 Å². The first-order valence-electron chi connectivity index (χ1n) is 13.6. The van der Waals surface area contributed by atoms with E-state index in [1.54, 1.807) is 6.20 Å². The van der Waals surface area contributed by atoms with Gasteiger partial charge >= 0.3 is 11.8 Å². The van der Waals surface area contributed by atoms with E-state index in [2.05, 4.69) is 20.8 Å². The molecule has 0 fully saturated rings. The average molecular weight is 588 g/mol. The summed E-state index contributed by atoms with van der Waals surface area (Å²) in [5.74, 6) is -0.384. The molecule has 12 heteroatoms. The zero-order chi connectivity index (χ0) is 30.8. The fourth-order valence-electron chi connectivity index (χ4n) is 4.25. The minimum Gasteiger partial charge on any atom is -0.493 e. The smallest absolute Gasteiger partial charge is 0.407 e. The van der Waals surface area contributed by atoms with Crippen LogP contribution in [0.25, 0.3) is 10.9 Å². The van der Waals surface area contributed by atoms with Gasteiger partial charge in [0.2, 0.25) is 5.75 Å². The van der Waals surface area contributed by atoms with E-state index in [0.717, 1.165) is 22.0 Å². The van der Waals surface area contributed by atoms with Gasteiger partial charge in [-0.1, -0.05) is 62.4 Å². The van der Waals surface area contributed by atoms with Gasteiger partial charge in [-0.05, 0) is 29.2 Å². The van der Waals surface area contributed by atoms with Crippen LogP contribution in [0.4, 0.5) is 10.5 Å². The highest BCUT2D eigenvalue weighted by molar-refractivity contribution is 5.90. The number of amides is 2. The van der Waals surface area contributed by atoms with Gasteiger partial charge in [-0.3, -0.25) is 14.9 Å². The second kappa shape index (κ2) is 14.5. The topological polar surface area (TPSA) is 157 Å². The zero-order valence-corrected chi connectivity index (χ0v) is 24.0. The van der Waals surface area contributed by atoms with Crippen molar-refractivity contribution in [2.24, 2.45) is 11.0 Å². The number of methoxy groups -OCH3 is 1. The van der Waals surface area contributed by atoms with Gasteiger partial charge in [-0.2, -0.15) is 5.10 Å². The lowest BCUT2D eigenvalue weighted by Crippen LogP contribution is -2.47. The van der Waals surface area contributed by atoms with Crippen molar-refractivity contribution in [2.75, 3.05) is 13.7 Å². The molecule has 0 saturated heterocycles. The number of nitrogens with one attached hydrogen (secondary N) is 3. The van der Waals surface area contributed by atoms with Crippen LogP contribution in [0, 0.1) is 16.0 Å². The molecule has 1 atom stereocenters. The van der Waals surface area contributed by atoms with Crippen molar-refractivity contribution in [2.45, 2.75) is 32.9 Å². The number of hydrazone groups is 1. The molecule has 2 amide bonds. The van der Waals surface area contributed by atoms with E-state index < -0.39 is 23.0 Å². The summed E-state index contributed by atoms with van der Waals surface area (Å²) in [4.78, 5) is 40.1. The number of aromatic amines is 1. The van der Waals surface area contributed by atoms with Crippen LogP contribution in [0.1, 0.15) is 30.5 Å². The molecule has 1 heterocycles. The van der Waals surface area contributed by atoms with Crippen molar-refractivity contribution in [1.29, 1.82) is 0 Å². The minimum absolute atomic E-state index is 0.0274. The van der Waals surface area contributed by atoms with Crippen LogP contribution in [-0.2, 0) is 22.6 Å². The molecule has 0 saturated carbocycles. The number of benzene rings is 3. The van der Waals surface area contributed by atoms with Crippen LogP contribution in [0.15, 0.2) is 78.0 Å². The number of alkyl carbamates (subject to hydrolysis) is 1. The first kappa shape index (κ1) is 30.6. The Bertz CT molecular complexity index is 1600. The standard InChI is InChI=1S/C31H33N5O7/c1-20(2)18-43-31(38)34-26(15-23-17-32-25-12-8-7-11-24(23)25)30(37)35-33-16-22-13-27(36(39)40)29(28(14-22)41-3)42-19-21-9-5-4-6-10-21/h4-14,16-17,20,26,32H,15,18-19H2,1-3H3,(H,34,38)(H,35,37)/b33-16-/t26-/m0/s1. The van der Waals surface area contributed by atoms with Crippen LogP contribution in [0.2, 0.25) is 0 Å². The first-order chi connectivity index (χ1) is 20.7. The lowest BCUT2D eigenvalue weighted by atomic mass is 10.0. The van der Waals surface area contributed by atoms with Crippen LogP contribution < -0.4 is 20.2 Å². The Balaban J connectivity index is 1.51. The molecule has 1 aromatic heterocycles. The van der Waals surface area contributed by atoms with E-state index in [1.165, 1.54) is 25.5 Å². The molecule has 4 aromatic rings. The molecule has 3 N–H and O–H groups in total. The maximum atomic E-state index is 13.2. The van der Waals surface area contributed by atoms with Gasteiger partial charge in [-0.25, -0.2) is 10.2 Å². The summed E-state index contributed by atoms with van der Waals surface area (Å²) >= 11 is 0. The Morgan fingerprint density at radius 2 is 1.84 bits per heavy atom. The van der Waals surface area contributed by atoms with Gasteiger partial charge in [-0.15, -0.1) is 0 Å². The average Bonchev–Trinajstić information content (AvgIpc) is 3.41. The Morgan fingerprint density at radius 3 is 2.56 bits per heavy atom. The number of nitro benzene ring substituents is 1. The number of para-hydroxylation sites is 1. The van der Waals surface area contributed by atoms with Gasteiger partial charge in [0.1, 0.15) is 12.6 Å². The molecule has 0 aliphatic rings. The molecular formula is C31H33N5O7. The summed E-state index contributed by atoms with van der Waals surface area (Å²) in [5.41, 5.74) is 4.92. The number of rotatable bonds is 13. The number of H-pyrrole nitrogens is 1. The van der Waals surface area contributed by atoms with Crippen molar-refractivity contribution in [1.82, 2.24) is 15.7 Å². The lowest BCUT2D eigenvalue weighted by Gasteiger charge is -2.17. The minimum atomic E-state index is -1.02. The molecule has 0 radical (unpaired) electrons. The maximum absolute atomic E-state index is 13.2. The van der Waals surface area contributed by atoms with E-state index in [4.69, 9.17) is 14.2 Å². The third kappa shape index (κ3) is 8.32. The fraction of sp³-hybridized carbons (Fsp3) is 0.258. The summed E-state index contributed by atoms with van der Waals surface area (Å²) in [6.07, 6.45) is 2.45. The molecule has 0 aliphatic carbocycles. The largest absolute Gasteiger partial charge is 0.493 e. The van der Waals surface area contributed by atoms with Crippen LogP contribution in [0.3, 0.4) is 0 Å². The van der Waals surface area contributed by atoms with E-state index in [9.17, 15) is 19.7 Å². The number of hydrogen-bond acceptors (Lipinski definition) is 8. The van der Waals surface area contributed by atoms with Gasteiger partial charge in [0, 0.05) is 35.2 Å². The molecule has 0 aliphatic heterocycles. The van der Waals surface area contributed by atoms with Gasteiger partial charge < -0.3 is 24.5 Å². The molecule has 0 unspecified atom stereocenters. The predicted octanol–water partition coefficient (Wildman–Crippen LogP) is 5.11. The van der Waals surface area contributed by atoms with E-state index in [0.29, 0.717) is 0 Å². The quantitative estimate of drug-likeness (QED) is 0.111. The molecule has 0 spiro atoms. The highest BCUT2D eigenvalue weighted by Crippen LogP contribution is 2.38. The lowest BCUT2D eigenvalue weighted by molar-refractivity contribution is -0.386. The number of aromatic nitrogens is 1. The second-order valence-corrected chi connectivity index (χ2v) is 10.1. The summed E-state index contributed by atoms with van der Waals surface area (Å²) in [7, 11) is 1.37. The monoisotopic (exact) mass is 587 g/mol. The zero-order valence-electron chi connectivity index (χ0n) is 24.0. The normalized spacial score (nSPS) is 11.8. The maximum Gasteiger partial charge on any atom is 0.407 e. The van der Waals surface area contributed by atoms with Crippen molar-refractivity contribution in [3.63, 3.8) is 0 Å².